The van der Waals surface area contributed by atoms with Gasteiger partial charge in [0, 0.05) is 61.7 Å². The highest BCUT2D eigenvalue weighted by atomic mass is 35.5. The largest absolute Gasteiger partial charge is 0.385 e. The molecule has 2 fully saturated rings. The van der Waals surface area contributed by atoms with Crippen molar-refractivity contribution in [2.45, 2.75) is 18.4 Å². The van der Waals surface area contributed by atoms with E-state index in [1.807, 2.05) is 71.8 Å². The molecule has 4 aromatic rings. The van der Waals surface area contributed by atoms with Crippen LogP contribution in [0.1, 0.15) is 28.8 Å². The van der Waals surface area contributed by atoms with E-state index in [2.05, 4.69) is 27.3 Å². The second kappa shape index (κ2) is 10.5. The number of nitrogens with one attached hydrogen (secondary N) is 1. The Morgan fingerprint density at radius 2 is 1.64 bits per heavy atom. The highest BCUT2D eigenvalue weighted by Gasteiger charge is 2.34. The fourth-order valence-corrected chi connectivity index (χ4v) is 5.50. The second-order valence-electron chi connectivity index (χ2n) is 10.4. The third-order valence-electron chi connectivity index (χ3n) is 7.83. The van der Waals surface area contributed by atoms with Crippen LogP contribution in [-0.4, -0.2) is 81.7 Å². The minimum Gasteiger partial charge on any atom is -0.385 e. The van der Waals surface area contributed by atoms with Crippen LogP contribution in [0.3, 0.4) is 0 Å². The van der Waals surface area contributed by atoms with Crippen molar-refractivity contribution in [3.05, 3.63) is 83.0 Å². The lowest BCUT2D eigenvalue weighted by Crippen LogP contribution is -2.47. The fourth-order valence-electron chi connectivity index (χ4n) is 5.38. The maximum absolute atomic E-state index is 12.8. The molecule has 9 nitrogen and oxygen atoms in total. The lowest BCUT2D eigenvalue weighted by atomic mass is 9.84. The number of benzene rings is 2. The van der Waals surface area contributed by atoms with Crippen molar-refractivity contribution in [2.24, 2.45) is 0 Å². The average Bonchev–Trinajstić information content (AvgIpc) is 3.37. The first-order chi connectivity index (χ1) is 18.9. The third kappa shape index (κ3) is 5.30. The molecule has 0 saturated carbocycles. The van der Waals surface area contributed by atoms with Gasteiger partial charge in [0.15, 0.2) is 5.65 Å². The number of likely N-dealkylation sites (N-methyl/N-ethyl adjacent to an activating group) is 1. The molecule has 202 valence electrons. The first-order valence-corrected chi connectivity index (χ1v) is 13.7. The Balaban J connectivity index is 1.14. The molecule has 39 heavy (non-hydrogen) atoms. The van der Waals surface area contributed by atoms with E-state index in [0.717, 1.165) is 48.8 Å². The number of halogens is 1. The molecule has 2 aliphatic rings. The van der Waals surface area contributed by atoms with Crippen molar-refractivity contribution in [2.75, 3.05) is 56.5 Å². The van der Waals surface area contributed by atoms with Crippen LogP contribution in [0.25, 0.3) is 5.65 Å². The number of rotatable bonds is 5. The van der Waals surface area contributed by atoms with E-state index < -0.39 is 5.60 Å². The predicted molar refractivity (Wildman–Crippen MR) is 153 cm³/mol. The Hall–Kier alpha value is -3.66. The van der Waals surface area contributed by atoms with E-state index in [0.29, 0.717) is 42.5 Å². The number of amides is 1. The quantitative estimate of drug-likeness (QED) is 0.392. The van der Waals surface area contributed by atoms with Gasteiger partial charge >= 0.3 is 0 Å². The topological polar surface area (TPSA) is 89.2 Å². The fraction of sp³-hybridized carbons (Fsp3) is 0.345. The molecular weight excluding hydrogens is 514 g/mol. The van der Waals surface area contributed by atoms with Crippen molar-refractivity contribution in [1.82, 2.24) is 24.4 Å². The molecule has 2 saturated heterocycles. The Bertz CT molecular complexity index is 1460. The number of hydrogen-bond donors (Lipinski definition) is 2. The molecule has 0 atom stereocenters. The van der Waals surface area contributed by atoms with Crippen molar-refractivity contribution in [1.29, 1.82) is 0 Å². The Kier molecular flexibility index (Phi) is 6.88. The standard InChI is InChI=1S/C29H32ClN7O2/c1-34-17-19-36(20-18-34)27(38)21-4-10-24(11-5-21)31-28-32-26-25(3-2-14-37(26)33-28)35-15-12-29(39,13-16-35)22-6-8-23(30)9-7-22/h2-11,14,39H,12-13,15-20H2,1H3,(H,31,33). The molecule has 4 heterocycles. The summed E-state index contributed by atoms with van der Waals surface area (Å²) in [5.41, 5.74) is 3.25. The van der Waals surface area contributed by atoms with E-state index in [-0.39, 0.29) is 5.91 Å². The van der Waals surface area contributed by atoms with Gasteiger partial charge in [-0.05, 0) is 74.0 Å². The first kappa shape index (κ1) is 25.6. The number of carbonyl (C=O) groups is 1. The van der Waals surface area contributed by atoms with Gasteiger partial charge in [0.1, 0.15) is 0 Å². The smallest absolute Gasteiger partial charge is 0.253 e. The van der Waals surface area contributed by atoms with E-state index in [1.54, 1.807) is 4.52 Å². The summed E-state index contributed by atoms with van der Waals surface area (Å²) in [5.74, 6) is 0.546. The maximum atomic E-state index is 12.8. The summed E-state index contributed by atoms with van der Waals surface area (Å²) in [4.78, 5) is 24.0. The zero-order valence-electron chi connectivity index (χ0n) is 21.9. The lowest BCUT2D eigenvalue weighted by molar-refractivity contribution is 0.0118. The number of anilines is 3. The number of pyridine rings is 1. The van der Waals surface area contributed by atoms with Crippen molar-refractivity contribution in [3.8, 4) is 0 Å². The van der Waals surface area contributed by atoms with Crippen LogP contribution in [0.5, 0.6) is 0 Å². The van der Waals surface area contributed by atoms with Gasteiger partial charge in [-0.15, -0.1) is 5.10 Å². The normalized spacial score (nSPS) is 17.9. The number of nitrogens with zero attached hydrogens (tertiary/aromatic N) is 6. The summed E-state index contributed by atoms with van der Waals surface area (Å²) in [6, 6.07) is 18.9. The summed E-state index contributed by atoms with van der Waals surface area (Å²) < 4.78 is 1.77. The lowest BCUT2D eigenvalue weighted by Gasteiger charge is -2.39. The average molecular weight is 546 g/mol. The van der Waals surface area contributed by atoms with Crippen LogP contribution in [0.15, 0.2) is 66.9 Å². The molecule has 0 unspecified atom stereocenters. The van der Waals surface area contributed by atoms with Gasteiger partial charge in [-0.1, -0.05) is 23.7 Å². The summed E-state index contributed by atoms with van der Waals surface area (Å²) in [6.07, 6.45) is 3.09. The molecule has 2 aliphatic heterocycles. The number of fused-ring (bicyclic) bond motifs is 1. The zero-order chi connectivity index (χ0) is 27.0. The number of carbonyl (C=O) groups excluding carboxylic acids is 1. The molecule has 0 spiro atoms. The van der Waals surface area contributed by atoms with Gasteiger partial charge in [0.05, 0.1) is 11.3 Å². The van der Waals surface area contributed by atoms with Gasteiger partial charge in [-0.25, -0.2) is 4.52 Å². The number of hydrogen-bond acceptors (Lipinski definition) is 7. The number of aromatic nitrogens is 3. The maximum Gasteiger partial charge on any atom is 0.253 e. The number of aliphatic hydroxyl groups is 1. The monoisotopic (exact) mass is 545 g/mol. The van der Waals surface area contributed by atoms with Crippen LogP contribution in [-0.2, 0) is 5.60 Å². The van der Waals surface area contributed by atoms with E-state index in [4.69, 9.17) is 16.6 Å². The van der Waals surface area contributed by atoms with Crippen molar-refractivity contribution < 1.29 is 9.90 Å². The third-order valence-corrected chi connectivity index (χ3v) is 8.09. The number of piperidine rings is 1. The minimum atomic E-state index is -0.871. The van der Waals surface area contributed by atoms with E-state index >= 15 is 0 Å². The van der Waals surface area contributed by atoms with Gasteiger partial charge in [-0.2, -0.15) is 4.98 Å². The minimum absolute atomic E-state index is 0.0645. The molecule has 0 radical (unpaired) electrons. The van der Waals surface area contributed by atoms with Crippen molar-refractivity contribution in [3.63, 3.8) is 0 Å². The molecule has 0 aliphatic carbocycles. The Morgan fingerprint density at radius 3 is 2.33 bits per heavy atom. The first-order valence-electron chi connectivity index (χ1n) is 13.3. The highest BCUT2D eigenvalue weighted by molar-refractivity contribution is 6.30. The molecule has 10 heteroatoms. The van der Waals surface area contributed by atoms with Crippen LogP contribution < -0.4 is 10.2 Å². The van der Waals surface area contributed by atoms with E-state index in [9.17, 15) is 9.90 Å². The van der Waals surface area contributed by atoms with E-state index in [1.165, 1.54) is 0 Å². The summed E-state index contributed by atoms with van der Waals surface area (Å²) >= 11 is 6.03. The van der Waals surface area contributed by atoms with Crippen LogP contribution in [0, 0.1) is 0 Å². The molecule has 2 aromatic carbocycles. The molecular formula is C29H32ClN7O2. The second-order valence-corrected chi connectivity index (χ2v) is 10.9. The van der Waals surface area contributed by atoms with Gasteiger partial charge in [0.2, 0.25) is 5.95 Å². The molecule has 0 bridgehead atoms. The van der Waals surface area contributed by atoms with Gasteiger partial charge < -0.3 is 25.1 Å². The Labute approximate surface area is 232 Å². The summed E-state index contributed by atoms with van der Waals surface area (Å²) in [6.45, 7) is 4.68. The van der Waals surface area contributed by atoms with Crippen molar-refractivity contribution >= 4 is 40.5 Å². The molecule has 1 amide bonds. The molecule has 2 N–H and O–H groups in total. The van der Waals surface area contributed by atoms with Crippen LogP contribution in [0.2, 0.25) is 5.02 Å². The summed E-state index contributed by atoms with van der Waals surface area (Å²) in [5, 5.41) is 19.8. The zero-order valence-corrected chi connectivity index (χ0v) is 22.7. The Morgan fingerprint density at radius 1 is 0.949 bits per heavy atom. The number of piperazine rings is 1. The SMILES string of the molecule is CN1CCN(C(=O)c2ccc(Nc3nc4c(N5CCC(O)(c6ccc(Cl)cc6)CC5)cccn4n3)cc2)CC1. The predicted octanol–water partition coefficient (Wildman–Crippen LogP) is 4.00. The van der Waals surface area contributed by atoms with Crippen LogP contribution >= 0.6 is 11.6 Å². The van der Waals surface area contributed by atoms with Gasteiger partial charge in [-0.3, -0.25) is 4.79 Å². The molecule has 6 rings (SSSR count). The summed E-state index contributed by atoms with van der Waals surface area (Å²) in [7, 11) is 2.08. The van der Waals surface area contributed by atoms with Crippen LogP contribution in [0.4, 0.5) is 17.3 Å². The van der Waals surface area contributed by atoms with Gasteiger partial charge in [0.25, 0.3) is 5.91 Å². The highest BCUT2D eigenvalue weighted by Crippen LogP contribution is 2.36. The molecule has 2 aromatic heterocycles.